The standard InChI is InChI=1S/C19H26BrN3O2/c1-21(13-15-7-2-3-9-17(15)20)18(24)16-8-6-12-23(14-16)19(25)22-10-4-5-11-22/h2-3,7,9,16H,4-6,8,10-14H2,1H3/t16-/m1/s1. The second-order valence-corrected chi connectivity index (χ2v) is 7.90. The Hall–Kier alpha value is -1.56. The maximum atomic E-state index is 12.9. The molecule has 0 bridgehead atoms. The topological polar surface area (TPSA) is 43.9 Å². The maximum absolute atomic E-state index is 12.9. The molecule has 0 spiro atoms. The number of piperidine rings is 1. The molecule has 2 aliphatic heterocycles. The van der Waals surface area contributed by atoms with E-state index in [-0.39, 0.29) is 17.9 Å². The molecule has 0 aliphatic carbocycles. The number of benzene rings is 1. The van der Waals surface area contributed by atoms with E-state index in [1.165, 1.54) is 0 Å². The van der Waals surface area contributed by atoms with Crippen molar-refractivity contribution in [2.75, 3.05) is 33.2 Å². The van der Waals surface area contributed by atoms with Gasteiger partial charge in [0.05, 0.1) is 5.92 Å². The number of likely N-dealkylation sites (tertiary alicyclic amines) is 2. The lowest BCUT2D eigenvalue weighted by Crippen LogP contribution is -2.49. The molecule has 2 fully saturated rings. The van der Waals surface area contributed by atoms with E-state index < -0.39 is 0 Å². The summed E-state index contributed by atoms with van der Waals surface area (Å²) in [5.41, 5.74) is 1.10. The summed E-state index contributed by atoms with van der Waals surface area (Å²) in [4.78, 5) is 31.1. The number of hydrogen-bond donors (Lipinski definition) is 0. The zero-order valence-corrected chi connectivity index (χ0v) is 16.4. The van der Waals surface area contributed by atoms with Gasteiger partial charge in [0, 0.05) is 44.2 Å². The molecule has 1 aromatic rings. The van der Waals surface area contributed by atoms with Gasteiger partial charge in [-0.3, -0.25) is 4.79 Å². The summed E-state index contributed by atoms with van der Waals surface area (Å²) < 4.78 is 1.02. The van der Waals surface area contributed by atoms with Crippen LogP contribution in [0.5, 0.6) is 0 Å². The molecule has 2 saturated heterocycles. The molecule has 2 aliphatic rings. The number of carbonyl (C=O) groups excluding carboxylic acids is 2. The van der Waals surface area contributed by atoms with Crippen LogP contribution >= 0.6 is 15.9 Å². The third-order valence-electron chi connectivity index (χ3n) is 5.16. The monoisotopic (exact) mass is 407 g/mol. The highest BCUT2D eigenvalue weighted by Crippen LogP contribution is 2.23. The van der Waals surface area contributed by atoms with Gasteiger partial charge in [0.2, 0.25) is 5.91 Å². The summed E-state index contributed by atoms with van der Waals surface area (Å²) in [6.45, 7) is 3.62. The smallest absolute Gasteiger partial charge is 0.320 e. The summed E-state index contributed by atoms with van der Waals surface area (Å²) in [5.74, 6) is 0.0439. The molecule has 1 atom stereocenters. The molecule has 6 heteroatoms. The number of carbonyl (C=O) groups is 2. The van der Waals surface area contributed by atoms with E-state index in [4.69, 9.17) is 0 Å². The largest absolute Gasteiger partial charge is 0.341 e. The van der Waals surface area contributed by atoms with E-state index in [1.807, 2.05) is 41.1 Å². The molecule has 3 rings (SSSR count). The van der Waals surface area contributed by atoms with E-state index >= 15 is 0 Å². The molecule has 0 unspecified atom stereocenters. The first-order valence-corrected chi connectivity index (χ1v) is 9.88. The number of halogens is 1. The van der Waals surface area contributed by atoms with Gasteiger partial charge in [-0.1, -0.05) is 34.1 Å². The van der Waals surface area contributed by atoms with E-state index in [1.54, 1.807) is 4.90 Å². The summed E-state index contributed by atoms with van der Waals surface area (Å²) in [5, 5.41) is 0. The van der Waals surface area contributed by atoms with Crippen LogP contribution in [-0.4, -0.2) is 59.9 Å². The predicted octanol–water partition coefficient (Wildman–Crippen LogP) is 3.34. The highest BCUT2D eigenvalue weighted by molar-refractivity contribution is 9.10. The molecule has 5 nitrogen and oxygen atoms in total. The molecule has 2 heterocycles. The van der Waals surface area contributed by atoms with Crippen molar-refractivity contribution in [1.29, 1.82) is 0 Å². The van der Waals surface area contributed by atoms with Crippen molar-refractivity contribution in [1.82, 2.24) is 14.7 Å². The molecular formula is C19H26BrN3O2. The predicted molar refractivity (Wildman–Crippen MR) is 101 cm³/mol. The summed E-state index contributed by atoms with van der Waals surface area (Å²) in [7, 11) is 1.85. The lowest BCUT2D eigenvalue weighted by atomic mass is 9.96. The van der Waals surface area contributed by atoms with E-state index in [0.29, 0.717) is 13.1 Å². The first-order valence-electron chi connectivity index (χ1n) is 9.08. The third kappa shape index (κ3) is 4.35. The van der Waals surface area contributed by atoms with Crippen LogP contribution in [0.2, 0.25) is 0 Å². The van der Waals surface area contributed by atoms with Crippen molar-refractivity contribution in [3.05, 3.63) is 34.3 Å². The molecule has 0 N–H and O–H groups in total. The summed E-state index contributed by atoms with van der Waals surface area (Å²) >= 11 is 3.54. The highest BCUT2D eigenvalue weighted by atomic mass is 79.9. The van der Waals surface area contributed by atoms with Gasteiger partial charge in [0.15, 0.2) is 0 Å². The summed E-state index contributed by atoms with van der Waals surface area (Å²) in [6, 6.07) is 8.08. The molecule has 0 aromatic heterocycles. The fourth-order valence-electron chi connectivity index (χ4n) is 3.73. The molecule has 25 heavy (non-hydrogen) atoms. The molecule has 136 valence electrons. The Morgan fingerprint density at radius 3 is 2.52 bits per heavy atom. The number of rotatable bonds is 3. The van der Waals surface area contributed by atoms with Crippen molar-refractivity contribution in [2.24, 2.45) is 5.92 Å². The Balaban J connectivity index is 1.59. The van der Waals surface area contributed by atoms with Crippen LogP contribution in [0.25, 0.3) is 0 Å². The summed E-state index contributed by atoms with van der Waals surface area (Å²) in [6.07, 6.45) is 3.95. The van der Waals surface area contributed by atoms with Crippen molar-refractivity contribution >= 4 is 27.9 Å². The van der Waals surface area contributed by atoms with Crippen LogP contribution in [-0.2, 0) is 11.3 Å². The first-order chi connectivity index (χ1) is 12.1. The Kier molecular flexibility index (Phi) is 5.99. The van der Waals surface area contributed by atoms with Crippen molar-refractivity contribution in [2.45, 2.75) is 32.2 Å². The molecule has 0 saturated carbocycles. The maximum Gasteiger partial charge on any atom is 0.320 e. The van der Waals surface area contributed by atoms with Crippen LogP contribution in [0, 0.1) is 5.92 Å². The molecule has 0 radical (unpaired) electrons. The zero-order valence-electron chi connectivity index (χ0n) is 14.8. The Bertz CT molecular complexity index is 631. The second-order valence-electron chi connectivity index (χ2n) is 7.05. The molecular weight excluding hydrogens is 382 g/mol. The number of nitrogens with zero attached hydrogens (tertiary/aromatic N) is 3. The van der Waals surface area contributed by atoms with E-state index in [2.05, 4.69) is 15.9 Å². The SMILES string of the molecule is CN(Cc1ccccc1Br)C(=O)[C@@H]1CCCN(C(=O)N2CCCC2)C1. The first kappa shape index (κ1) is 18.2. The van der Waals surface area contributed by atoms with Crippen molar-refractivity contribution < 1.29 is 9.59 Å². The Morgan fingerprint density at radius 2 is 1.80 bits per heavy atom. The van der Waals surface area contributed by atoms with Gasteiger partial charge < -0.3 is 14.7 Å². The number of urea groups is 1. The van der Waals surface area contributed by atoms with Gasteiger partial charge in [-0.05, 0) is 37.3 Å². The van der Waals surface area contributed by atoms with Crippen LogP contribution in [0.1, 0.15) is 31.2 Å². The van der Waals surface area contributed by atoms with E-state index in [9.17, 15) is 9.59 Å². The number of amides is 3. The lowest BCUT2D eigenvalue weighted by Gasteiger charge is -2.36. The van der Waals surface area contributed by atoms with Gasteiger partial charge >= 0.3 is 6.03 Å². The normalized spacial score (nSPS) is 20.6. The van der Waals surface area contributed by atoms with Gasteiger partial charge in [0.25, 0.3) is 0 Å². The van der Waals surface area contributed by atoms with Crippen LogP contribution < -0.4 is 0 Å². The second kappa shape index (κ2) is 8.21. The van der Waals surface area contributed by atoms with Crippen LogP contribution in [0.3, 0.4) is 0 Å². The van der Waals surface area contributed by atoms with Gasteiger partial charge in [-0.25, -0.2) is 4.79 Å². The minimum absolute atomic E-state index is 0.0900. The van der Waals surface area contributed by atoms with Crippen molar-refractivity contribution in [3.8, 4) is 0 Å². The average molecular weight is 408 g/mol. The minimum atomic E-state index is -0.0900. The fourth-order valence-corrected chi connectivity index (χ4v) is 4.14. The number of hydrogen-bond acceptors (Lipinski definition) is 2. The van der Waals surface area contributed by atoms with Gasteiger partial charge in [-0.2, -0.15) is 0 Å². The fraction of sp³-hybridized carbons (Fsp3) is 0.579. The highest BCUT2D eigenvalue weighted by Gasteiger charge is 2.32. The van der Waals surface area contributed by atoms with Crippen molar-refractivity contribution in [3.63, 3.8) is 0 Å². The lowest BCUT2D eigenvalue weighted by molar-refractivity contribution is -0.136. The quantitative estimate of drug-likeness (QED) is 0.770. The Labute approximate surface area is 158 Å². The van der Waals surface area contributed by atoms with Gasteiger partial charge in [0.1, 0.15) is 0 Å². The molecule has 3 amide bonds. The average Bonchev–Trinajstić information content (AvgIpc) is 3.17. The van der Waals surface area contributed by atoms with Crippen LogP contribution in [0.4, 0.5) is 4.79 Å². The van der Waals surface area contributed by atoms with E-state index in [0.717, 1.165) is 55.4 Å². The third-order valence-corrected chi connectivity index (χ3v) is 5.93. The zero-order chi connectivity index (χ0) is 17.8. The Morgan fingerprint density at radius 1 is 1.12 bits per heavy atom. The minimum Gasteiger partial charge on any atom is -0.341 e. The van der Waals surface area contributed by atoms with Gasteiger partial charge in [-0.15, -0.1) is 0 Å². The van der Waals surface area contributed by atoms with Crippen LogP contribution in [0.15, 0.2) is 28.7 Å². The molecule has 1 aromatic carbocycles.